The molecule has 0 unspecified atom stereocenters. The molecule has 0 bridgehead atoms. The molecule has 0 fully saturated rings. The van der Waals surface area contributed by atoms with E-state index in [1.54, 1.807) is 13.3 Å². The van der Waals surface area contributed by atoms with Crippen molar-refractivity contribution in [1.82, 2.24) is 10.2 Å². The summed E-state index contributed by atoms with van der Waals surface area (Å²) >= 11 is 0. The molecule has 1 rings (SSSR count). The van der Waals surface area contributed by atoms with Gasteiger partial charge in [-0.3, -0.25) is 4.99 Å². The van der Waals surface area contributed by atoms with Gasteiger partial charge in [0.05, 0.1) is 6.26 Å². The Hall–Kier alpha value is -1.02. The van der Waals surface area contributed by atoms with Gasteiger partial charge in [0.25, 0.3) is 0 Å². The zero-order valence-corrected chi connectivity index (χ0v) is 15.9. The van der Waals surface area contributed by atoms with Crippen molar-refractivity contribution >= 4 is 29.9 Å². The van der Waals surface area contributed by atoms with E-state index in [0.717, 1.165) is 44.1 Å². The maximum Gasteiger partial charge on any atom is 0.193 e. The molecule has 5 nitrogen and oxygen atoms in total. The average Bonchev–Trinajstić information content (AvgIpc) is 3.00. The van der Waals surface area contributed by atoms with Gasteiger partial charge in [0.15, 0.2) is 5.96 Å². The fourth-order valence-electron chi connectivity index (χ4n) is 1.91. The van der Waals surface area contributed by atoms with E-state index in [1.807, 2.05) is 25.3 Å². The first-order chi connectivity index (χ1) is 10.3. The van der Waals surface area contributed by atoms with Crippen LogP contribution in [0.25, 0.3) is 0 Å². The van der Waals surface area contributed by atoms with Crippen molar-refractivity contribution in [3.63, 3.8) is 0 Å². The summed E-state index contributed by atoms with van der Waals surface area (Å²) in [4.78, 5) is 6.41. The summed E-state index contributed by atoms with van der Waals surface area (Å²) < 4.78 is 10.7. The molecule has 1 aromatic rings. The number of unbranched alkanes of at least 4 members (excludes halogenated alkanes) is 1. The van der Waals surface area contributed by atoms with Crippen molar-refractivity contribution in [1.29, 1.82) is 0 Å². The molecule has 0 saturated carbocycles. The maximum absolute atomic E-state index is 5.54. The van der Waals surface area contributed by atoms with Crippen LogP contribution in [0.2, 0.25) is 0 Å². The van der Waals surface area contributed by atoms with Crippen LogP contribution in [0.1, 0.15) is 25.0 Å². The number of hydrogen-bond acceptors (Lipinski definition) is 3. The lowest BCUT2D eigenvalue weighted by atomic mass is 10.3. The van der Waals surface area contributed by atoms with Crippen LogP contribution in [-0.4, -0.2) is 44.7 Å². The molecule has 6 heteroatoms. The third kappa shape index (κ3) is 9.09. The standard InChI is InChI=1S/C16H27N3O2.HI/c1-4-5-6-11-19(3)16(17-2)18-10-8-12-20-14-15-9-7-13-21-15;/h4,7,9,13H,1,5-6,8,10-12,14H2,2-3H3,(H,17,18);1H. The Labute approximate surface area is 150 Å². The Balaban J connectivity index is 0.00000441. The topological polar surface area (TPSA) is 50.0 Å². The molecule has 1 N–H and O–H groups in total. The van der Waals surface area contributed by atoms with Crippen LogP contribution in [0.5, 0.6) is 0 Å². The number of halogens is 1. The van der Waals surface area contributed by atoms with E-state index in [2.05, 4.69) is 21.8 Å². The first kappa shape index (κ1) is 21.0. The van der Waals surface area contributed by atoms with Crippen LogP contribution in [0.4, 0.5) is 0 Å². The van der Waals surface area contributed by atoms with E-state index in [0.29, 0.717) is 13.2 Å². The van der Waals surface area contributed by atoms with Crippen LogP contribution in [-0.2, 0) is 11.3 Å². The van der Waals surface area contributed by atoms with Gasteiger partial charge >= 0.3 is 0 Å². The van der Waals surface area contributed by atoms with Crippen molar-refractivity contribution in [2.24, 2.45) is 4.99 Å². The van der Waals surface area contributed by atoms with E-state index >= 15 is 0 Å². The minimum absolute atomic E-state index is 0. The summed E-state index contributed by atoms with van der Waals surface area (Å²) in [6, 6.07) is 3.78. The van der Waals surface area contributed by atoms with Crippen molar-refractivity contribution in [2.45, 2.75) is 25.9 Å². The third-order valence-electron chi connectivity index (χ3n) is 3.05. The largest absolute Gasteiger partial charge is 0.467 e. The first-order valence-corrected chi connectivity index (χ1v) is 7.40. The number of hydrogen-bond donors (Lipinski definition) is 1. The number of ether oxygens (including phenoxy) is 1. The molecule has 0 spiro atoms. The molecular weight excluding hydrogens is 393 g/mol. The van der Waals surface area contributed by atoms with E-state index in [9.17, 15) is 0 Å². The smallest absolute Gasteiger partial charge is 0.193 e. The summed E-state index contributed by atoms with van der Waals surface area (Å²) in [6.45, 7) is 6.78. The van der Waals surface area contributed by atoms with Crippen LogP contribution < -0.4 is 5.32 Å². The molecule has 1 aromatic heterocycles. The van der Waals surface area contributed by atoms with Gasteiger partial charge < -0.3 is 19.4 Å². The lowest BCUT2D eigenvalue weighted by Crippen LogP contribution is -2.40. The van der Waals surface area contributed by atoms with Gasteiger partial charge in [-0.2, -0.15) is 0 Å². The van der Waals surface area contributed by atoms with Crippen molar-refractivity contribution in [3.05, 3.63) is 36.8 Å². The fourth-order valence-corrected chi connectivity index (χ4v) is 1.91. The van der Waals surface area contributed by atoms with E-state index in [1.165, 1.54) is 0 Å². The molecule has 0 saturated heterocycles. The Bertz CT molecular complexity index is 408. The van der Waals surface area contributed by atoms with Gasteiger partial charge in [-0.05, 0) is 31.4 Å². The molecule has 0 atom stereocenters. The van der Waals surface area contributed by atoms with Gasteiger partial charge in [-0.15, -0.1) is 30.6 Å². The number of rotatable bonds is 10. The fraction of sp³-hybridized carbons (Fsp3) is 0.562. The maximum atomic E-state index is 5.54. The third-order valence-corrected chi connectivity index (χ3v) is 3.05. The highest BCUT2D eigenvalue weighted by Crippen LogP contribution is 2.01. The van der Waals surface area contributed by atoms with Gasteiger partial charge in [0.2, 0.25) is 0 Å². The quantitative estimate of drug-likeness (QED) is 0.207. The molecule has 0 radical (unpaired) electrons. The highest BCUT2D eigenvalue weighted by Gasteiger charge is 2.04. The number of guanidine groups is 1. The van der Waals surface area contributed by atoms with Crippen LogP contribution in [0.3, 0.4) is 0 Å². The highest BCUT2D eigenvalue weighted by atomic mass is 127. The molecule has 0 amide bonds. The minimum atomic E-state index is 0. The Kier molecular flexibility index (Phi) is 13.0. The van der Waals surface area contributed by atoms with Crippen LogP contribution >= 0.6 is 24.0 Å². The SMILES string of the molecule is C=CCCCN(C)C(=NC)NCCCOCc1ccco1.I. The van der Waals surface area contributed by atoms with Crippen LogP contribution in [0.15, 0.2) is 40.5 Å². The zero-order valence-electron chi connectivity index (χ0n) is 13.6. The molecule has 126 valence electrons. The number of furan rings is 1. The first-order valence-electron chi connectivity index (χ1n) is 7.40. The molecule has 0 aliphatic rings. The van der Waals surface area contributed by atoms with Crippen molar-refractivity contribution in [2.75, 3.05) is 33.8 Å². The van der Waals surface area contributed by atoms with Gasteiger partial charge in [0.1, 0.15) is 12.4 Å². The van der Waals surface area contributed by atoms with Gasteiger partial charge in [-0.25, -0.2) is 0 Å². The van der Waals surface area contributed by atoms with Gasteiger partial charge in [0, 0.05) is 33.8 Å². The Morgan fingerprint density at radius 1 is 1.50 bits per heavy atom. The second-order valence-electron chi connectivity index (χ2n) is 4.81. The average molecular weight is 421 g/mol. The lowest BCUT2D eigenvalue weighted by molar-refractivity contribution is 0.104. The van der Waals surface area contributed by atoms with Crippen LogP contribution in [0, 0.1) is 0 Å². The number of nitrogens with zero attached hydrogens (tertiary/aromatic N) is 2. The number of allylic oxidation sites excluding steroid dienone is 1. The highest BCUT2D eigenvalue weighted by molar-refractivity contribution is 14.0. The van der Waals surface area contributed by atoms with E-state index in [-0.39, 0.29) is 24.0 Å². The van der Waals surface area contributed by atoms with Crippen molar-refractivity contribution < 1.29 is 9.15 Å². The minimum Gasteiger partial charge on any atom is -0.467 e. The zero-order chi connectivity index (χ0) is 15.3. The molecule has 1 heterocycles. The molecule has 22 heavy (non-hydrogen) atoms. The molecule has 0 aromatic carbocycles. The predicted molar refractivity (Wildman–Crippen MR) is 102 cm³/mol. The van der Waals surface area contributed by atoms with Crippen molar-refractivity contribution in [3.8, 4) is 0 Å². The summed E-state index contributed by atoms with van der Waals surface area (Å²) in [5, 5.41) is 3.34. The van der Waals surface area contributed by atoms with Gasteiger partial charge in [-0.1, -0.05) is 6.08 Å². The number of aliphatic imine (C=N–C) groups is 1. The second-order valence-corrected chi connectivity index (χ2v) is 4.81. The molecule has 0 aliphatic heterocycles. The number of nitrogens with one attached hydrogen (secondary N) is 1. The summed E-state index contributed by atoms with van der Waals surface area (Å²) in [7, 11) is 3.85. The normalized spacial score (nSPS) is 10.9. The summed E-state index contributed by atoms with van der Waals surface area (Å²) in [5.41, 5.74) is 0. The molecule has 0 aliphatic carbocycles. The monoisotopic (exact) mass is 421 g/mol. The summed E-state index contributed by atoms with van der Waals surface area (Å²) in [5.74, 6) is 1.78. The lowest BCUT2D eigenvalue weighted by Gasteiger charge is -2.21. The van der Waals surface area contributed by atoms with E-state index < -0.39 is 0 Å². The van der Waals surface area contributed by atoms with E-state index in [4.69, 9.17) is 9.15 Å². The summed E-state index contributed by atoms with van der Waals surface area (Å²) in [6.07, 6.45) is 6.65. The Morgan fingerprint density at radius 3 is 2.95 bits per heavy atom. The Morgan fingerprint density at radius 2 is 2.32 bits per heavy atom. The predicted octanol–water partition coefficient (Wildman–Crippen LogP) is 3.28. The second kappa shape index (κ2) is 13.6. The molecular formula is C16H28IN3O2.